The first kappa shape index (κ1) is 19.1. The van der Waals surface area contributed by atoms with Crippen molar-refractivity contribution in [3.8, 4) is 5.75 Å². The van der Waals surface area contributed by atoms with Crippen LogP contribution < -0.4 is 15.5 Å². The summed E-state index contributed by atoms with van der Waals surface area (Å²) in [4.78, 5) is 27.8. The van der Waals surface area contributed by atoms with Crippen LogP contribution in [0.3, 0.4) is 0 Å². The molecule has 2 N–H and O–H groups in total. The molecule has 0 saturated heterocycles. The number of carbonyl (C=O) groups is 2. The molecule has 0 spiro atoms. The lowest BCUT2D eigenvalue weighted by atomic mass is 10.2. The molecule has 0 atom stereocenters. The van der Waals surface area contributed by atoms with E-state index < -0.39 is 5.91 Å². The SMILES string of the molecule is C/C(CC(=O)Nc1cc(C)ccn1)=N\NC(=O)COc1cccc(C)c1. The third-order valence-electron chi connectivity index (χ3n) is 3.33. The Morgan fingerprint density at radius 2 is 1.88 bits per heavy atom. The summed E-state index contributed by atoms with van der Waals surface area (Å²) in [5.74, 6) is 0.450. The van der Waals surface area contributed by atoms with Crippen LogP contribution in [0.25, 0.3) is 0 Å². The summed E-state index contributed by atoms with van der Waals surface area (Å²) in [6.07, 6.45) is 1.68. The third kappa shape index (κ3) is 6.72. The summed E-state index contributed by atoms with van der Waals surface area (Å²) < 4.78 is 5.38. The number of hydrogen-bond acceptors (Lipinski definition) is 5. The Hall–Kier alpha value is -3.22. The fraction of sp³-hybridized carbons (Fsp3) is 0.263. The lowest BCUT2D eigenvalue weighted by Gasteiger charge is -2.07. The van der Waals surface area contributed by atoms with Gasteiger partial charge in [0.25, 0.3) is 5.91 Å². The number of nitrogens with one attached hydrogen (secondary N) is 2. The molecule has 2 amide bonds. The van der Waals surface area contributed by atoms with Crippen LogP contribution >= 0.6 is 0 Å². The van der Waals surface area contributed by atoms with E-state index in [0.717, 1.165) is 11.1 Å². The molecule has 1 heterocycles. The average Bonchev–Trinajstić information content (AvgIpc) is 2.58. The van der Waals surface area contributed by atoms with Crippen LogP contribution in [0.4, 0.5) is 5.82 Å². The van der Waals surface area contributed by atoms with Crippen molar-refractivity contribution in [3.63, 3.8) is 0 Å². The summed E-state index contributed by atoms with van der Waals surface area (Å²) in [7, 11) is 0. The van der Waals surface area contributed by atoms with Crippen LogP contribution in [-0.4, -0.2) is 29.1 Å². The molecule has 2 rings (SSSR count). The molecule has 0 bridgehead atoms. The monoisotopic (exact) mass is 354 g/mol. The van der Waals surface area contributed by atoms with E-state index >= 15 is 0 Å². The molecule has 7 nitrogen and oxygen atoms in total. The average molecular weight is 354 g/mol. The van der Waals surface area contributed by atoms with E-state index in [1.165, 1.54) is 0 Å². The van der Waals surface area contributed by atoms with Crippen molar-refractivity contribution in [3.05, 3.63) is 53.7 Å². The molecule has 26 heavy (non-hydrogen) atoms. The van der Waals surface area contributed by atoms with Crippen LogP contribution in [0.1, 0.15) is 24.5 Å². The van der Waals surface area contributed by atoms with Gasteiger partial charge in [-0.1, -0.05) is 12.1 Å². The van der Waals surface area contributed by atoms with Gasteiger partial charge in [0.1, 0.15) is 11.6 Å². The van der Waals surface area contributed by atoms with Crippen molar-refractivity contribution in [2.75, 3.05) is 11.9 Å². The van der Waals surface area contributed by atoms with E-state index in [0.29, 0.717) is 17.3 Å². The van der Waals surface area contributed by atoms with Crippen LogP contribution in [0.15, 0.2) is 47.7 Å². The lowest BCUT2D eigenvalue weighted by molar-refractivity contribution is -0.123. The molecule has 0 radical (unpaired) electrons. The molecular weight excluding hydrogens is 332 g/mol. The minimum atomic E-state index is -0.397. The molecule has 2 aromatic rings. The summed E-state index contributed by atoms with van der Waals surface area (Å²) in [6, 6.07) is 11.0. The smallest absolute Gasteiger partial charge is 0.277 e. The second kappa shape index (κ2) is 9.31. The molecule has 0 saturated carbocycles. The number of carbonyl (C=O) groups excluding carboxylic acids is 2. The predicted octanol–water partition coefficient (Wildman–Crippen LogP) is 2.60. The minimum Gasteiger partial charge on any atom is -0.484 e. The van der Waals surface area contributed by atoms with Crippen LogP contribution in [-0.2, 0) is 9.59 Å². The summed E-state index contributed by atoms with van der Waals surface area (Å²) in [5, 5.41) is 6.59. The summed E-state index contributed by atoms with van der Waals surface area (Å²) >= 11 is 0. The van der Waals surface area contributed by atoms with E-state index in [9.17, 15) is 9.59 Å². The zero-order valence-corrected chi connectivity index (χ0v) is 15.1. The van der Waals surface area contributed by atoms with Gasteiger partial charge in [-0.05, 0) is 56.2 Å². The molecule has 0 aliphatic rings. The van der Waals surface area contributed by atoms with Crippen molar-refractivity contribution in [1.29, 1.82) is 0 Å². The second-order valence-electron chi connectivity index (χ2n) is 5.93. The molecule has 136 valence electrons. The van der Waals surface area contributed by atoms with Gasteiger partial charge in [0, 0.05) is 11.9 Å². The third-order valence-corrected chi connectivity index (χ3v) is 3.33. The Morgan fingerprint density at radius 3 is 2.62 bits per heavy atom. The fourth-order valence-electron chi connectivity index (χ4n) is 2.11. The molecule has 1 aromatic carbocycles. The van der Waals surface area contributed by atoms with Crippen LogP contribution in [0, 0.1) is 13.8 Å². The van der Waals surface area contributed by atoms with Crippen molar-refractivity contribution in [1.82, 2.24) is 10.4 Å². The summed E-state index contributed by atoms with van der Waals surface area (Å²) in [5.41, 5.74) is 4.89. The van der Waals surface area contributed by atoms with Crippen molar-refractivity contribution in [2.45, 2.75) is 27.2 Å². The zero-order valence-electron chi connectivity index (χ0n) is 15.1. The normalized spacial score (nSPS) is 11.0. The topological polar surface area (TPSA) is 92.7 Å². The number of anilines is 1. The van der Waals surface area contributed by atoms with Gasteiger partial charge in [0.05, 0.1) is 6.42 Å². The van der Waals surface area contributed by atoms with Gasteiger partial charge in [-0.25, -0.2) is 10.4 Å². The van der Waals surface area contributed by atoms with E-state index in [1.807, 2.05) is 38.1 Å². The highest BCUT2D eigenvalue weighted by atomic mass is 16.5. The van der Waals surface area contributed by atoms with E-state index in [2.05, 4.69) is 20.8 Å². The first-order valence-corrected chi connectivity index (χ1v) is 8.16. The quantitative estimate of drug-likeness (QED) is 0.590. The highest BCUT2D eigenvalue weighted by molar-refractivity contribution is 6.05. The number of aromatic nitrogens is 1. The summed E-state index contributed by atoms with van der Waals surface area (Å²) in [6.45, 7) is 5.36. The Labute approximate surface area is 152 Å². The fourth-order valence-corrected chi connectivity index (χ4v) is 2.11. The van der Waals surface area contributed by atoms with Crippen LogP contribution in [0.2, 0.25) is 0 Å². The van der Waals surface area contributed by atoms with E-state index in [-0.39, 0.29) is 18.9 Å². The largest absolute Gasteiger partial charge is 0.484 e. The zero-order chi connectivity index (χ0) is 18.9. The second-order valence-corrected chi connectivity index (χ2v) is 5.93. The van der Waals surface area contributed by atoms with Gasteiger partial charge in [-0.3, -0.25) is 9.59 Å². The Bertz CT molecular complexity index is 818. The maximum atomic E-state index is 12.0. The number of nitrogens with zero attached hydrogens (tertiary/aromatic N) is 2. The van der Waals surface area contributed by atoms with E-state index in [4.69, 9.17) is 4.74 Å². The maximum Gasteiger partial charge on any atom is 0.277 e. The van der Waals surface area contributed by atoms with Gasteiger partial charge in [-0.2, -0.15) is 5.10 Å². The highest BCUT2D eigenvalue weighted by Crippen LogP contribution is 2.11. The molecule has 0 fully saturated rings. The van der Waals surface area contributed by atoms with Gasteiger partial charge >= 0.3 is 0 Å². The highest BCUT2D eigenvalue weighted by Gasteiger charge is 2.07. The van der Waals surface area contributed by atoms with E-state index in [1.54, 1.807) is 25.3 Å². The molecular formula is C19H22N4O3. The molecule has 7 heteroatoms. The molecule has 0 aliphatic heterocycles. The number of amides is 2. The predicted molar refractivity (Wildman–Crippen MR) is 100 cm³/mol. The number of ether oxygens (including phenoxy) is 1. The lowest BCUT2D eigenvalue weighted by Crippen LogP contribution is -2.26. The van der Waals surface area contributed by atoms with Gasteiger partial charge in [0.15, 0.2) is 6.61 Å². The van der Waals surface area contributed by atoms with Crippen LogP contribution in [0.5, 0.6) is 5.75 Å². The van der Waals surface area contributed by atoms with Gasteiger partial charge < -0.3 is 10.1 Å². The number of hydrazone groups is 1. The minimum absolute atomic E-state index is 0.0502. The number of rotatable bonds is 7. The maximum absolute atomic E-state index is 12.0. The van der Waals surface area contributed by atoms with Crippen molar-refractivity contribution in [2.24, 2.45) is 5.10 Å². The first-order chi connectivity index (χ1) is 12.4. The first-order valence-electron chi connectivity index (χ1n) is 8.16. The molecule has 0 unspecified atom stereocenters. The Balaban J connectivity index is 1.76. The number of hydrogen-bond donors (Lipinski definition) is 2. The Kier molecular flexibility index (Phi) is 6.84. The van der Waals surface area contributed by atoms with Crippen molar-refractivity contribution >= 4 is 23.3 Å². The number of pyridine rings is 1. The van der Waals surface area contributed by atoms with Gasteiger partial charge in [-0.15, -0.1) is 0 Å². The number of benzene rings is 1. The van der Waals surface area contributed by atoms with Crippen molar-refractivity contribution < 1.29 is 14.3 Å². The van der Waals surface area contributed by atoms with Gasteiger partial charge in [0.2, 0.25) is 5.91 Å². The Morgan fingerprint density at radius 1 is 1.12 bits per heavy atom. The number of aryl methyl sites for hydroxylation is 2. The molecule has 1 aromatic heterocycles. The standard InChI is InChI=1S/C19H22N4O3/c1-13-5-4-6-16(9-13)26-12-19(25)23-22-15(3)11-18(24)21-17-10-14(2)7-8-20-17/h4-10H,11-12H2,1-3H3,(H,23,25)(H,20,21,24)/b22-15+. The molecule has 0 aliphatic carbocycles.